The van der Waals surface area contributed by atoms with E-state index in [1.165, 1.54) is 0 Å². The number of hydrogen-bond donors (Lipinski definition) is 2. The maximum atomic E-state index is 12.6. The Morgan fingerprint density at radius 2 is 2.00 bits per heavy atom. The van der Waals surface area contributed by atoms with Crippen LogP contribution in [-0.2, 0) is 24.2 Å². The number of carbonyl (C=O) groups excluding carboxylic acids is 2. The normalized spacial score (nSPS) is 13.1. The summed E-state index contributed by atoms with van der Waals surface area (Å²) in [7, 11) is 1.58. The van der Waals surface area contributed by atoms with Gasteiger partial charge in [-0.2, -0.15) is 0 Å². The lowest BCUT2D eigenvalue weighted by molar-refractivity contribution is 0.0921. The van der Waals surface area contributed by atoms with Gasteiger partial charge in [0.15, 0.2) is 5.82 Å². The minimum Gasteiger partial charge on any atom is -0.383 e. The third-order valence-corrected chi connectivity index (χ3v) is 4.33. The van der Waals surface area contributed by atoms with E-state index in [1.54, 1.807) is 19.5 Å². The molecule has 0 radical (unpaired) electrons. The number of rotatable bonds is 7. The molecule has 2 N–H and O–H groups in total. The first-order chi connectivity index (χ1) is 12.7. The Morgan fingerprint density at radius 1 is 1.19 bits per heavy atom. The minimum absolute atomic E-state index is 0.261. The Labute approximate surface area is 152 Å². The van der Waals surface area contributed by atoms with Crippen LogP contribution in [0.15, 0.2) is 24.5 Å². The van der Waals surface area contributed by atoms with Crippen molar-refractivity contribution < 1.29 is 14.3 Å². The molecule has 8 nitrogen and oxygen atoms in total. The third kappa shape index (κ3) is 4.08. The van der Waals surface area contributed by atoms with E-state index in [4.69, 9.17) is 4.74 Å². The average Bonchev–Trinajstić information content (AvgIpc) is 3.07. The number of nitrogens with zero attached hydrogens (tertiary/aromatic N) is 3. The summed E-state index contributed by atoms with van der Waals surface area (Å²) in [6, 6.07) is 3.69. The topological polar surface area (TPSA) is 98.1 Å². The summed E-state index contributed by atoms with van der Waals surface area (Å²) < 4.78 is 6.82. The lowest BCUT2D eigenvalue weighted by Crippen LogP contribution is -2.30. The quantitative estimate of drug-likeness (QED) is 0.718. The standard InChI is InChI=1S/C18H23N5O3/c1-26-11-9-20-18(25)16-22-15(14-4-2-3-10-23(14)16)17(24)21-12-13-5-7-19-8-6-13/h5-8H,2-4,9-12H2,1H3,(H,20,25)(H,21,24). The van der Waals surface area contributed by atoms with E-state index in [2.05, 4.69) is 20.6 Å². The Bertz CT molecular complexity index is 773. The van der Waals surface area contributed by atoms with Crippen LogP contribution in [0, 0.1) is 0 Å². The number of pyridine rings is 1. The highest BCUT2D eigenvalue weighted by Crippen LogP contribution is 2.21. The summed E-state index contributed by atoms with van der Waals surface area (Å²) in [4.78, 5) is 33.4. The first-order valence-corrected chi connectivity index (χ1v) is 8.74. The predicted molar refractivity (Wildman–Crippen MR) is 94.8 cm³/mol. The summed E-state index contributed by atoms with van der Waals surface area (Å²) in [5.41, 5.74) is 2.13. The number of fused-ring (bicyclic) bond motifs is 1. The monoisotopic (exact) mass is 357 g/mol. The van der Waals surface area contributed by atoms with Crippen LogP contribution in [-0.4, -0.2) is 46.6 Å². The number of hydrogen-bond acceptors (Lipinski definition) is 5. The molecule has 26 heavy (non-hydrogen) atoms. The van der Waals surface area contributed by atoms with E-state index in [1.807, 2.05) is 16.7 Å². The summed E-state index contributed by atoms with van der Waals surface area (Å²) in [5.74, 6) is -0.244. The number of carbonyl (C=O) groups is 2. The molecule has 2 aromatic rings. The molecule has 8 heteroatoms. The first kappa shape index (κ1) is 18.1. The zero-order valence-electron chi connectivity index (χ0n) is 14.8. The lowest BCUT2D eigenvalue weighted by atomic mass is 10.1. The highest BCUT2D eigenvalue weighted by atomic mass is 16.5. The van der Waals surface area contributed by atoms with Crippen LogP contribution in [0.1, 0.15) is 45.2 Å². The van der Waals surface area contributed by atoms with Crippen molar-refractivity contribution in [2.75, 3.05) is 20.3 Å². The van der Waals surface area contributed by atoms with Gasteiger partial charge in [-0.15, -0.1) is 0 Å². The zero-order chi connectivity index (χ0) is 18.4. The van der Waals surface area contributed by atoms with Gasteiger partial charge >= 0.3 is 0 Å². The summed E-state index contributed by atoms with van der Waals surface area (Å²) in [6.45, 7) is 1.93. The van der Waals surface area contributed by atoms with Gasteiger partial charge in [-0.05, 0) is 37.0 Å². The molecule has 0 atom stereocenters. The van der Waals surface area contributed by atoms with Crippen molar-refractivity contribution in [3.05, 3.63) is 47.3 Å². The summed E-state index contributed by atoms with van der Waals surface area (Å²) in [5, 5.41) is 5.65. The van der Waals surface area contributed by atoms with Gasteiger partial charge in [0, 0.05) is 39.1 Å². The van der Waals surface area contributed by atoms with Crippen molar-refractivity contribution in [3.8, 4) is 0 Å². The van der Waals surface area contributed by atoms with Crippen LogP contribution < -0.4 is 10.6 Å². The Kier molecular flexibility index (Phi) is 5.96. The van der Waals surface area contributed by atoms with Gasteiger partial charge in [0.05, 0.1) is 12.3 Å². The smallest absolute Gasteiger partial charge is 0.287 e. The second-order valence-corrected chi connectivity index (χ2v) is 6.13. The Hall–Kier alpha value is -2.74. The van der Waals surface area contributed by atoms with E-state index in [0.717, 1.165) is 30.5 Å². The molecular weight excluding hydrogens is 334 g/mol. The first-order valence-electron chi connectivity index (χ1n) is 8.74. The molecular formula is C18H23N5O3. The lowest BCUT2D eigenvalue weighted by Gasteiger charge is -2.17. The van der Waals surface area contributed by atoms with E-state index in [9.17, 15) is 9.59 Å². The molecule has 2 amide bonds. The molecule has 0 bridgehead atoms. The van der Waals surface area contributed by atoms with Crippen LogP contribution in [0.4, 0.5) is 0 Å². The fraction of sp³-hybridized carbons (Fsp3) is 0.444. The molecule has 3 heterocycles. The van der Waals surface area contributed by atoms with Gasteiger partial charge in [0.1, 0.15) is 5.69 Å². The molecule has 1 aliphatic heterocycles. The number of aromatic nitrogens is 3. The molecule has 138 valence electrons. The zero-order valence-corrected chi connectivity index (χ0v) is 14.8. The van der Waals surface area contributed by atoms with Gasteiger partial charge in [-0.3, -0.25) is 14.6 Å². The molecule has 0 saturated carbocycles. The molecule has 1 aliphatic rings. The number of methoxy groups -OCH3 is 1. The van der Waals surface area contributed by atoms with E-state index < -0.39 is 0 Å². The van der Waals surface area contributed by atoms with Gasteiger partial charge in [-0.25, -0.2) is 4.98 Å². The van der Waals surface area contributed by atoms with Crippen LogP contribution >= 0.6 is 0 Å². The molecule has 3 rings (SSSR count). The van der Waals surface area contributed by atoms with Crippen molar-refractivity contribution in [3.63, 3.8) is 0 Å². The van der Waals surface area contributed by atoms with Gasteiger partial charge < -0.3 is 19.9 Å². The van der Waals surface area contributed by atoms with Crippen molar-refractivity contribution in [2.45, 2.75) is 32.4 Å². The van der Waals surface area contributed by atoms with Crippen LogP contribution in [0.5, 0.6) is 0 Å². The van der Waals surface area contributed by atoms with E-state index in [0.29, 0.717) is 37.8 Å². The number of amides is 2. The predicted octanol–water partition coefficient (Wildman–Crippen LogP) is 0.921. The summed E-state index contributed by atoms with van der Waals surface area (Å²) in [6.07, 6.45) is 6.07. The number of imidazole rings is 1. The van der Waals surface area contributed by atoms with Gasteiger partial charge in [-0.1, -0.05) is 0 Å². The third-order valence-electron chi connectivity index (χ3n) is 4.33. The van der Waals surface area contributed by atoms with Gasteiger partial charge in [0.25, 0.3) is 11.8 Å². The van der Waals surface area contributed by atoms with Crippen molar-refractivity contribution >= 4 is 11.8 Å². The maximum Gasteiger partial charge on any atom is 0.287 e. The van der Waals surface area contributed by atoms with Gasteiger partial charge in [0.2, 0.25) is 0 Å². The van der Waals surface area contributed by atoms with Crippen molar-refractivity contribution in [2.24, 2.45) is 0 Å². The van der Waals surface area contributed by atoms with E-state index >= 15 is 0 Å². The fourth-order valence-electron chi connectivity index (χ4n) is 3.01. The molecule has 0 unspecified atom stereocenters. The highest BCUT2D eigenvalue weighted by Gasteiger charge is 2.27. The Balaban J connectivity index is 1.76. The number of ether oxygens (including phenoxy) is 1. The SMILES string of the molecule is COCCNC(=O)c1nc(C(=O)NCc2ccncc2)c2n1CCCC2. The van der Waals surface area contributed by atoms with Crippen LogP contribution in [0.3, 0.4) is 0 Å². The largest absolute Gasteiger partial charge is 0.383 e. The molecule has 0 saturated heterocycles. The second-order valence-electron chi connectivity index (χ2n) is 6.13. The van der Waals surface area contributed by atoms with Crippen molar-refractivity contribution in [1.82, 2.24) is 25.2 Å². The van der Waals surface area contributed by atoms with Crippen LogP contribution in [0.25, 0.3) is 0 Å². The molecule has 0 aliphatic carbocycles. The highest BCUT2D eigenvalue weighted by molar-refractivity contribution is 5.97. The fourth-order valence-corrected chi connectivity index (χ4v) is 3.01. The maximum absolute atomic E-state index is 12.6. The minimum atomic E-state index is -0.279. The molecule has 2 aromatic heterocycles. The van der Waals surface area contributed by atoms with Crippen molar-refractivity contribution in [1.29, 1.82) is 0 Å². The second kappa shape index (κ2) is 8.57. The number of nitrogens with one attached hydrogen (secondary N) is 2. The molecule has 0 aromatic carbocycles. The Morgan fingerprint density at radius 3 is 2.77 bits per heavy atom. The molecule has 0 fully saturated rings. The summed E-state index contributed by atoms with van der Waals surface area (Å²) >= 11 is 0. The van der Waals surface area contributed by atoms with E-state index in [-0.39, 0.29) is 11.8 Å². The molecule has 0 spiro atoms. The average molecular weight is 357 g/mol. The van der Waals surface area contributed by atoms with Crippen LogP contribution in [0.2, 0.25) is 0 Å².